The van der Waals surface area contributed by atoms with Crippen LogP contribution in [0.3, 0.4) is 0 Å². The molecular weight excluding hydrogens is 396 g/mol. The van der Waals surface area contributed by atoms with Crippen molar-refractivity contribution in [3.8, 4) is 0 Å². The monoisotopic (exact) mass is 422 g/mol. The SMILES string of the molecule is Cc1ccc(S(=O)(=O)OCCCCN2CCN(c3cccc(Cl)c3)CC2)cc1. The van der Waals surface area contributed by atoms with Crippen molar-refractivity contribution in [2.45, 2.75) is 24.7 Å². The second kappa shape index (κ2) is 9.74. The molecule has 28 heavy (non-hydrogen) atoms. The number of anilines is 1. The van der Waals surface area contributed by atoms with E-state index in [0.717, 1.165) is 56.2 Å². The van der Waals surface area contributed by atoms with Gasteiger partial charge in [-0.3, -0.25) is 9.08 Å². The Hall–Kier alpha value is -1.60. The summed E-state index contributed by atoms with van der Waals surface area (Å²) in [5.74, 6) is 0. The molecule has 1 fully saturated rings. The van der Waals surface area contributed by atoms with Gasteiger partial charge < -0.3 is 4.90 Å². The number of aryl methyl sites for hydroxylation is 1. The summed E-state index contributed by atoms with van der Waals surface area (Å²) in [5.41, 5.74) is 2.19. The van der Waals surface area contributed by atoms with E-state index in [2.05, 4.69) is 15.9 Å². The van der Waals surface area contributed by atoms with Gasteiger partial charge in [0.1, 0.15) is 0 Å². The molecule has 3 rings (SSSR count). The second-order valence-electron chi connectivity index (χ2n) is 7.10. The molecule has 152 valence electrons. The molecule has 0 saturated carbocycles. The Balaban J connectivity index is 1.34. The number of halogens is 1. The van der Waals surface area contributed by atoms with Crippen LogP contribution in [0.1, 0.15) is 18.4 Å². The summed E-state index contributed by atoms with van der Waals surface area (Å²) in [6, 6.07) is 14.7. The number of unbranched alkanes of at least 4 members (excludes halogenated alkanes) is 1. The molecule has 7 heteroatoms. The molecule has 0 N–H and O–H groups in total. The van der Waals surface area contributed by atoms with Gasteiger partial charge in [0.25, 0.3) is 10.1 Å². The molecule has 1 heterocycles. The maximum atomic E-state index is 12.2. The second-order valence-corrected chi connectivity index (χ2v) is 9.16. The largest absolute Gasteiger partial charge is 0.369 e. The molecule has 1 aliphatic rings. The fraction of sp³-hybridized carbons (Fsp3) is 0.429. The van der Waals surface area contributed by atoms with Crippen molar-refractivity contribution in [1.29, 1.82) is 0 Å². The first-order valence-corrected chi connectivity index (χ1v) is 11.4. The van der Waals surface area contributed by atoms with Crippen LogP contribution < -0.4 is 4.90 Å². The van der Waals surface area contributed by atoms with E-state index >= 15 is 0 Å². The number of nitrogens with zero attached hydrogens (tertiary/aromatic N) is 2. The van der Waals surface area contributed by atoms with Gasteiger partial charge in [0, 0.05) is 36.9 Å². The Morgan fingerprint density at radius 1 is 1.00 bits per heavy atom. The average Bonchev–Trinajstić information content (AvgIpc) is 2.68. The maximum Gasteiger partial charge on any atom is 0.296 e. The van der Waals surface area contributed by atoms with Crippen LogP contribution in [0.25, 0.3) is 0 Å². The third kappa shape index (κ3) is 5.95. The topological polar surface area (TPSA) is 49.9 Å². The van der Waals surface area contributed by atoms with Crippen molar-refractivity contribution >= 4 is 27.4 Å². The van der Waals surface area contributed by atoms with E-state index in [0.29, 0.717) is 0 Å². The zero-order chi connectivity index (χ0) is 20.0. The number of hydrogen-bond donors (Lipinski definition) is 0. The molecule has 0 bridgehead atoms. The molecule has 0 aromatic heterocycles. The number of piperazine rings is 1. The quantitative estimate of drug-likeness (QED) is 0.476. The molecule has 2 aromatic carbocycles. The van der Waals surface area contributed by atoms with E-state index in [-0.39, 0.29) is 11.5 Å². The van der Waals surface area contributed by atoms with Gasteiger partial charge in [-0.05, 0) is 56.6 Å². The standard InChI is InChI=1S/C21H27ClN2O3S/c1-18-7-9-21(10-8-18)28(25,26)27-16-3-2-11-23-12-14-24(15-13-23)20-6-4-5-19(22)17-20/h4-10,17H,2-3,11-16H2,1H3. The van der Waals surface area contributed by atoms with Crippen LogP contribution in [0.15, 0.2) is 53.4 Å². The first kappa shape index (κ1) is 21.1. The molecule has 5 nitrogen and oxygen atoms in total. The molecule has 0 aliphatic carbocycles. The predicted octanol–water partition coefficient (Wildman–Crippen LogP) is 3.96. The summed E-state index contributed by atoms with van der Waals surface area (Å²) in [4.78, 5) is 4.98. The fourth-order valence-electron chi connectivity index (χ4n) is 3.28. The smallest absolute Gasteiger partial charge is 0.296 e. The predicted molar refractivity (Wildman–Crippen MR) is 114 cm³/mol. The Kier molecular flexibility index (Phi) is 7.35. The van der Waals surface area contributed by atoms with E-state index in [9.17, 15) is 8.42 Å². The molecule has 2 aromatic rings. The normalized spacial score (nSPS) is 15.7. The molecule has 0 amide bonds. The summed E-state index contributed by atoms with van der Waals surface area (Å²) < 4.78 is 29.5. The zero-order valence-corrected chi connectivity index (χ0v) is 17.8. The van der Waals surface area contributed by atoms with Crippen LogP contribution in [-0.4, -0.2) is 52.6 Å². The first-order chi connectivity index (χ1) is 13.4. The van der Waals surface area contributed by atoms with Crippen LogP contribution >= 0.6 is 11.6 Å². The third-order valence-corrected chi connectivity index (χ3v) is 6.52. The number of benzene rings is 2. The number of hydrogen-bond acceptors (Lipinski definition) is 5. The summed E-state index contributed by atoms with van der Waals surface area (Å²) >= 11 is 6.08. The van der Waals surface area contributed by atoms with Gasteiger partial charge in [0.05, 0.1) is 11.5 Å². The van der Waals surface area contributed by atoms with E-state index in [1.807, 2.05) is 25.1 Å². The highest BCUT2D eigenvalue weighted by atomic mass is 35.5. The van der Waals surface area contributed by atoms with Crippen LogP contribution in [0, 0.1) is 6.92 Å². The zero-order valence-electron chi connectivity index (χ0n) is 16.2. The molecule has 0 atom stereocenters. The van der Waals surface area contributed by atoms with E-state index < -0.39 is 10.1 Å². The van der Waals surface area contributed by atoms with Gasteiger partial charge in [0.15, 0.2) is 0 Å². The highest BCUT2D eigenvalue weighted by Crippen LogP contribution is 2.21. The summed E-state index contributed by atoms with van der Waals surface area (Å²) in [6.07, 6.45) is 1.64. The van der Waals surface area contributed by atoms with Crippen molar-refractivity contribution in [1.82, 2.24) is 4.90 Å². The molecule has 1 aliphatic heterocycles. The van der Waals surface area contributed by atoms with Gasteiger partial charge in [-0.25, -0.2) is 0 Å². The highest BCUT2D eigenvalue weighted by Gasteiger charge is 2.18. The van der Waals surface area contributed by atoms with Crippen molar-refractivity contribution < 1.29 is 12.6 Å². The van der Waals surface area contributed by atoms with E-state index in [4.69, 9.17) is 15.8 Å². The molecule has 0 radical (unpaired) electrons. The van der Waals surface area contributed by atoms with Crippen LogP contribution in [-0.2, 0) is 14.3 Å². The average molecular weight is 423 g/mol. The van der Waals surface area contributed by atoms with Gasteiger partial charge in [-0.15, -0.1) is 0 Å². The maximum absolute atomic E-state index is 12.2. The Labute approximate surface area is 173 Å². The Morgan fingerprint density at radius 2 is 1.71 bits per heavy atom. The third-order valence-electron chi connectivity index (χ3n) is 4.96. The lowest BCUT2D eigenvalue weighted by atomic mass is 10.2. The van der Waals surface area contributed by atoms with E-state index in [1.54, 1.807) is 24.3 Å². The van der Waals surface area contributed by atoms with Crippen LogP contribution in [0.2, 0.25) is 5.02 Å². The molecule has 1 saturated heterocycles. The first-order valence-electron chi connectivity index (χ1n) is 9.63. The molecular formula is C21H27ClN2O3S. The fourth-order valence-corrected chi connectivity index (χ4v) is 4.41. The highest BCUT2D eigenvalue weighted by molar-refractivity contribution is 7.86. The lowest BCUT2D eigenvalue weighted by molar-refractivity contribution is 0.240. The number of rotatable bonds is 8. The Bertz CT molecular complexity index is 863. The van der Waals surface area contributed by atoms with Gasteiger partial charge in [-0.1, -0.05) is 35.4 Å². The molecule has 0 spiro atoms. The van der Waals surface area contributed by atoms with Crippen LogP contribution in [0.4, 0.5) is 5.69 Å². The van der Waals surface area contributed by atoms with Gasteiger partial charge >= 0.3 is 0 Å². The summed E-state index contributed by atoms with van der Waals surface area (Å²) in [6.45, 7) is 7.03. The minimum Gasteiger partial charge on any atom is -0.369 e. The minimum atomic E-state index is -3.65. The van der Waals surface area contributed by atoms with E-state index in [1.165, 1.54) is 5.69 Å². The van der Waals surface area contributed by atoms with Crippen molar-refractivity contribution in [3.05, 3.63) is 59.1 Å². The van der Waals surface area contributed by atoms with Gasteiger partial charge in [0.2, 0.25) is 0 Å². The summed E-state index contributed by atoms with van der Waals surface area (Å²) in [5, 5.41) is 0.764. The summed E-state index contributed by atoms with van der Waals surface area (Å²) in [7, 11) is -3.65. The van der Waals surface area contributed by atoms with Crippen molar-refractivity contribution in [2.75, 3.05) is 44.2 Å². The lowest BCUT2D eigenvalue weighted by Gasteiger charge is -2.36. The van der Waals surface area contributed by atoms with Crippen LogP contribution in [0.5, 0.6) is 0 Å². The van der Waals surface area contributed by atoms with Crippen molar-refractivity contribution in [3.63, 3.8) is 0 Å². The minimum absolute atomic E-state index is 0.218. The Morgan fingerprint density at radius 3 is 2.39 bits per heavy atom. The molecule has 0 unspecified atom stereocenters. The lowest BCUT2D eigenvalue weighted by Crippen LogP contribution is -2.46. The van der Waals surface area contributed by atoms with Crippen molar-refractivity contribution in [2.24, 2.45) is 0 Å². The van der Waals surface area contributed by atoms with Gasteiger partial charge in [-0.2, -0.15) is 8.42 Å².